The van der Waals surface area contributed by atoms with Crippen LogP contribution in [-0.2, 0) is 30.3 Å². The molecule has 0 unspecified atom stereocenters. The summed E-state index contributed by atoms with van der Waals surface area (Å²) in [4.78, 5) is 53.8. The van der Waals surface area contributed by atoms with E-state index in [1.54, 1.807) is 30.0 Å². The van der Waals surface area contributed by atoms with E-state index in [1.807, 2.05) is 75.6 Å². The van der Waals surface area contributed by atoms with Crippen molar-refractivity contribution in [1.82, 2.24) is 16.0 Å². The van der Waals surface area contributed by atoms with Crippen molar-refractivity contribution in [3.63, 3.8) is 0 Å². The van der Waals surface area contributed by atoms with Crippen molar-refractivity contribution in [1.29, 1.82) is 0 Å². The highest BCUT2D eigenvalue weighted by atomic mass is 35.5. The Morgan fingerprint density at radius 1 is 1.02 bits per heavy atom. The van der Waals surface area contributed by atoms with Crippen molar-refractivity contribution in [2.75, 3.05) is 19.1 Å². The fraction of sp³-hybridized carbons (Fsp3) is 0.459. The molecule has 3 amide bonds. The quantitative estimate of drug-likeness (QED) is 0.256. The molecule has 48 heavy (non-hydrogen) atoms. The minimum atomic E-state index is -0.910. The molecule has 0 aromatic heterocycles. The molecule has 2 aromatic rings. The molecule has 9 nitrogen and oxygen atoms in total. The third kappa shape index (κ3) is 13.0. The predicted molar refractivity (Wildman–Crippen MR) is 193 cm³/mol. The fourth-order valence-corrected chi connectivity index (χ4v) is 6.10. The smallest absolute Gasteiger partial charge is 0.328 e. The summed E-state index contributed by atoms with van der Waals surface area (Å²) in [6, 6.07) is 12.7. The number of hydrogen-bond acceptors (Lipinski definition) is 7. The first-order valence-electron chi connectivity index (χ1n) is 16.3. The monoisotopic (exact) mass is 697 g/mol. The number of methoxy groups -OCH3 is 1. The maximum Gasteiger partial charge on any atom is 0.328 e. The Hall–Kier alpha value is -3.76. The van der Waals surface area contributed by atoms with Gasteiger partial charge in [0.25, 0.3) is 0 Å². The number of cyclic esters (lactones) is 1. The van der Waals surface area contributed by atoms with Crippen LogP contribution in [0, 0.1) is 11.8 Å². The number of amides is 3. The normalized spacial score (nSPS) is 22.8. The lowest BCUT2D eigenvalue weighted by atomic mass is 9.98. The molecule has 3 N–H and O–H groups in total. The highest BCUT2D eigenvalue weighted by Gasteiger charge is 2.31. The van der Waals surface area contributed by atoms with Crippen LogP contribution in [0.2, 0.25) is 5.02 Å². The molecule has 1 aliphatic rings. The lowest BCUT2D eigenvalue weighted by molar-refractivity contribution is -0.155. The molecule has 0 spiro atoms. The average Bonchev–Trinajstić information content (AvgIpc) is 3.04. The van der Waals surface area contributed by atoms with Crippen molar-refractivity contribution >= 4 is 53.1 Å². The van der Waals surface area contributed by atoms with Crippen molar-refractivity contribution in [2.45, 2.75) is 77.1 Å². The van der Waals surface area contributed by atoms with E-state index in [0.29, 0.717) is 35.8 Å². The molecule has 11 heteroatoms. The van der Waals surface area contributed by atoms with Gasteiger partial charge < -0.3 is 25.4 Å². The van der Waals surface area contributed by atoms with Crippen molar-refractivity contribution in [2.24, 2.45) is 11.8 Å². The fourth-order valence-electron chi connectivity index (χ4n) is 5.35. The number of benzene rings is 2. The molecule has 5 atom stereocenters. The highest BCUT2D eigenvalue weighted by Crippen LogP contribution is 2.26. The van der Waals surface area contributed by atoms with Crippen molar-refractivity contribution in [3.8, 4) is 5.75 Å². The van der Waals surface area contributed by atoms with E-state index in [2.05, 4.69) is 16.0 Å². The maximum atomic E-state index is 13.6. The van der Waals surface area contributed by atoms with Gasteiger partial charge in [-0.25, -0.2) is 4.79 Å². The van der Waals surface area contributed by atoms with Crippen LogP contribution in [0.5, 0.6) is 5.75 Å². The molecule has 0 bridgehead atoms. The molecule has 0 aliphatic carbocycles. The Morgan fingerprint density at radius 2 is 1.77 bits per heavy atom. The van der Waals surface area contributed by atoms with E-state index in [-0.39, 0.29) is 24.7 Å². The second-order valence-corrected chi connectivity index (χ2v) is 13.8. The average molecular weight is 698 g/mol. The largest absolute Gasteiger partial charge is 0.495 e. The van der Waals surface area contributed by atoms with Gasteiger partial charge in [-0.15, -0.1) is 0 Å². The van der Waals surface area contributed by atoms with Gasteiger partial charge in [-0.1, -0.05) is 87.0 Å². The molecule has 1 heterocycles. The zero-order valence-corrected chi connectivity index (χ0v) is 29.9. The first kappa shape index (κ1) is 38.7. The number of carbonyl (C=O) groups is 4. The van der Waals surface area contributed by atoms with Crippen LogP contribution < -0.4 is 20.7 Å². The van der Waals surface area contributed by atoms with Crippen LogP contribution in [0.25, 0.3) is 6.08 Å². The number of halogens is 1. The third-order valence-corrected chi connectivity index (χ3v) is 8.87. The summed E-state index contributed by atoms with van der Waals surface area (Å²) in [6.07, 6.45) is 9.55. The van der Waals surface area contributed by atoms with Crippen LogP contribution in [0.15, 0.2) is 66.8 Å². The predicted octanol–water partition coefficient (Wildman–Crippen LogP) is 5.76. The Bertz CT molecular complexity index is 1430. The zero-order valence-electron chi connectivity index (χ0n) is 28.4. The van der Waals surface area contributed by atoms with Gasteiger partial charge in [0, 0.05) is 24.8 Å². The Morgan fingerprint density at radius 3 is 2.44 bits per heavy atom. The molecular formula is C37H48ClN3O6S. The number of rotatable bonds is 11. The van der Waals surface area contributed by atoms with Gasteiger partial charge in [0.05, 0.1) is 12.1 Å². The van der Waals surface area contributed by atoms with Crippen molar-refractivity contribution in [3.05, 3.63) is 82.9 Å². The van der Waals surface area contributed by atoms with Gasteiger partial charge in [-0.05, 0) is 66.5 Å². The molecule has 2 aromatic carbocycles. The Balaban J connectivity index is 1.95. The van der Waals surface area contributed by atoms with Gasteiger partial charge in [0.2, 0.25) is 17.7 Å². The van der Waals surface area contributed by atoms with E-state index < -0.39 is 47.9 Å². The topological polar surface area (TPSA) is 123 Å². The standard InChI is InChI=1S/C37H48ClN3O6S/c1-24(2)20-31-37(45)47-32(25(3)14-15-26-10-7-6-8-11-26)12-9-13-34(42)39-28(21-27-16-17-33(46-4)29(38)22-27)23-35(43)40-30(18-19-48-5)36(44)41-31/h6-11,13-17,22,24-25,28,30-32H,12,18-21,23H2,1-5H3,(H,39,42)(H,40,43)(H,41,44)/b13-9+,15-14+/t25-,28-,30+,31+,32+/m1/s1. The van der Waals surface area contributed by atoms with Gasteiger partial charge in [-0.2, -0.15) is 11.8 Å². The zero-order chi connectivity index (χ0) is 35.1. The van der Waals surface area contributed by atoms with E-state index in [4.69, 9.17) is 21.1 Å². The second kappa shape index (κ2) is 19.9. The summed E-state index contributed by atoms with van der Waals surface area (Å²) >= 11 is 7.90. The Labute approximate surface area is 293 Å². The molecule has 3 rings (SSSR count). The molecule has 0 radical (unpaired) electrons. The lowest BCUT2D eigenvalue weighted by Gasteiger charge is -2.27. The summed E-state index contributed by atoms with van der Waals surface area (Å²) < 4.78 is 11.3. The van der Waals surface area contributed by atoms with Crippen molar-refractivity contribution < 1.29 is 28.7 Å². The van der Waals surface area contributed by atoms with Gasteiger partial charge in [0.15, 0.2) is 0 Å². The minimum absolute atomic E-state index is 0.0757. The molecule has 0 saturated heterocycles. The van der Waals surface area contributed by atoms with E-state index in [9.17, 15) is 19.2 Å². The van der Waals surface area contributed by atoms with Crippen LogP contribution in [0.4, 0.5) is 0 Å². The maximum absolute atomic E-state index is 13.6. The van der Waals surface area contributed by atoms with Crippen LogP contribution >= 0.6 is 23.4 Å². The number of nitrogens with one attached hydrogen (secondary N) is 3. The number of thioether (sulfide) groups is 1. The van der Waals surface area contributed by atoms with Crippen LogP contribution in [0.3, 0.4) is 0 Å². The summed E-state index contributed by atoms with van der Waals surface area (Å²) in [5, 5.41) is 9.09. The number of hydrogen-bond donors (Lipinski definition) is 3. The van der Waals surface area contributed by atoms with Crippen LogP contribution in [-0.4, -0.2) is 67.0 Å². The third-order valence-electron chi connectivity index (χ3n) is 7.93. The summed E-state index contributed by atoms with van der Waals surface area (Å²) in [7, 11) is 1.53. The van der Waals surface area contributed by atoms with Gasteiger partial charge in [-0.3, -0.25) is 14.4 Å². The van der Waals surface area contributed by atoms with E-state index in [1.165, 1.54) is 13.2 Å². The number of carbonyl (C=O) groups excluding carboxylic acids is 4. The van der Waals surface area contributed by atoms with Gasteiger partial charge >= 0.3 is 5.97 Å². The van der Waals surface area contributed by atoms with E-state index >= 15 is 0 Å². The van der Waals surface area contributed by atoms with Crippen LogP contribution in [0.1, 0.15) is 57.6 Å². The number of ether oxygens (including phenoxy) is 2. The van der Waals surface area contributed by atoms with Gasteiger partial charge in [0.1, 0.15) is 23.9 Å². The van der Waals surface area contributed by atoms with E-state index in [0.717, 1.165) is 11.1 Å². The number of esters is 1. The molecule has 0 fully saturated rings. The minimum Gasteiger partial charge on any atom is -0.495 e. The first-order valence-corrected chi connectivity index (χ1v) is 18.1. The lowest BCUT2D eigenvalue weighted by Crippen LogP contribution is -2.53. The first-order chi connectivity index (χ1) is 23.0. The summed E-state index contributed by atoms with van der Waals surface area (Å²) in [5.41, 5.74) is 1.81. The summed E-state index contributed by atoms with van der Waals surface area (Å²) in [5.74, 6) is -0.812. The summed E-state index contributed by atoms with van der Waals surface area (Å²) in [6.45, 7) is 5.88. The molecule has 0 saturated carbocycles. The molecule has 260 valence electrons. The molecular weight excluding hydrogens is 650 g/mol. The highest BCUT2D eigenvalue weighted by molar-refractivity contribution is 7.98. The second-order valence-electron chi connectivity index (χ2n) is 12.4. The SMILES string of the molecule is COc1ccc(C[C@@H]2CC(=O)N[C@@H](CCSC)C(=O)N[C@@H](CC(C)C)C(=O)O[C@H]([C@H](C)/C=C/c3ccccc3)C/C=C/C(=O)N2)cc1Cl. The molecule has 1 aliphatic heterocycles. The Kier molecular flexibility index (Phi) is 16.1.